The van der Waals surface area contributed by atoms with Gasteiger partial charge in [-0.1, -0.05) is 18.2 Å². The van der Waals surface area contributed by atoms with Crippen molar-refractivity contribution in [2.45, 2.75) is 44.6 Å². The fraction of sp³-hybridized carbons (Fsp3) is 0.320. The van der Waals surface area contributed by atoms with Gasteiger partial charge in [-0.15, -0.1) is 0 Å². The van der Waals surface area contributed by atoms with E-state index >= 15 is 0 Å². The molecule has 162 valence electrons. The second-order valence-electron chi connectivity index (χ2n) is 9.49. The van der Waals surface area contributed by atoms with Crippen molar-refractivity contribution in [3.05, 3.63) is 75.6 Å². The van der Waals surface area contributed by atoms with Crippen LogP contribution in [0.3, 0.4) is 0 Å². The number of nitrogens with zero attached hydrogens (tertiary/aromatic N) is 1. The Kier molecular flexibility index (Phi) is 4.06. The average molecular weight is 430 g/mol. The molecule has 0 aliphatic heterocycles. The molecule has 0 atom stereocenters. The topological polar surface area (TPSA) is 90.6 Å². The lowest BCUT2D eigenvalue weighted by Crippen LogP contribution is -2.55. The molecule has 2 aromatic carbocycles. The molecule has 2 fully saturated rings. The third-order valence-corrected chi connectivity index (χ3v) is 7.40. The van der Waals surface area contributed by atoms with Crippen molar-refractivity contribution in [3.63, 3.8) is 0 Å². The van der Waals surface area contributed by atoms with Crippen molar-refractivity contribution in [1.29, 1.82) is 0 Å². The van der Waals surface area contributed by atoms with E-state index in [1.165, 1.54) is 6.07 Å². The minimum absolute atomic E-state index is 0.146. The molecule has 2 aromatic heterocycles. The van der Waals surface area contributed by atoms with Gasteiger partial charge in [-0.05, 0) is 62.3 Å². The van der Waals surface area contributed by atoms with E-state index in [-0.39, 0.29) is 28.7 Å². The van der Waals surface area contributed by atoms with Crippen LogP contribution in [0.4, 0.5) is 4.39 Å². The first-order valence-electron chi connectivity index (χ1n) is 11.0. The number of carbonyl (C=O) groups is 1. The summed E-state index contributed by atoms with van der Waals surface area (Å²) in [5, 5.41) is 12.6. The first-order chi connectivity index (χ1) is 15.4. The van der Waals surface area contributed by atoms with Gasteiger partial charge in [-0.25, -0.2) is 9.49 Å². The van der Waals surface area contributed by atoms with Gasteiger partial charge in [0.1, 0.15) is 11.5 Å². The Hall–Kier alpha value is -3.48. The number of carbonyl (C=O) groups excluding carboxylic acids is 1. The number of aromatic nitrogens is 3. The number of amides is 1. The fourth-order valence-electron chi connectivity index (χ4n) is 5.75. The summed E-state index contributed by atoms with van der Waals surface area (Å²) in [6.07, 6.45) is 3.94. The summed E-state index contributed by atoms with van der Waals surface area (Å²) in [5.41, 5.74) is 2.72. The van der Waals surface area contributed by atoms with Crippen LogP contribution in [0.2, 0.25) is 0 Å². The zero-order valence-corrected chi connectivity index (χ0v) is 17.7. The van der Waals surface area contributed by atoms with Crippen molar-refractivity contribution >= 4 is 27.6 Å². The Morgan fingerprint density at radius 3 is 2.66 bits per heavy atom. The molecule has 1 amide bonds. The molecule has 7 heteroatoms. The number of benzene rings is 2. The van der Waals surface area contributed by atoms with E-state index in [1.807, 2.05) is 24.3 Å². The molecule has 0 radical (unpaired) electrons. The van der Waals surface area contributed by atoms with Crippen LogP contribution in [-0.4, -0.2) is 27.1 Å². The highest BCUT2D eigenvalue weighted by Crippen LogP contribution is 2.62. The van der Waals surface area contributed by atoms with Gasteiger partial charge in [0.2, 0.25) is 0 Å². The number of halogens is 1. The average Bonchev–Trinajstić information content (AvgIpc) is 3.18. The van der Waals surface area contributed by atoms with Gasteiger partial charge in [0.25, 0.3) is 11.5 Å². The maximum absolute atomic E-state index is 13.8. The third kappa shape index (κ3) is 2.87. The van der Waals surface area contributed by atoms with Crippen LogP contribution >= 0.6 is 0 Å². The standard InChI is InChI=1S/C25H23FN4O2/c1-13-19(26)7-6-14-8-20(28-21(13)14)24(32)27-16-11-25(12-16)9-15(10-25)22-17-4-2-3-5-18(17)23(31)30-29-22/h2-8,15-16,28H,9-12H2,1H3,(H,27,32)(H,30,31). The van der Waals surface area contributed by atoms with E-state index in [1.54, 1.807) is 19.1 Å². The van der Waals surface area contributed by atoms with Crippen molar-refractivity contribution < 1.29 is 9.18 Å². The second kappa shape index (κ2) is 6.76. The molecule has 2 saturated carbocycles. The summed E-state index contributed by atoms with van der Waals surface area (Å²) in [6.45, 7) is 1.71. The fourth-order valence-corrected chi connectivity index (χ4v) is 5.75. The Bertz CT molecular complexity index is 1440. The van der Waals surface area contributed by atoms with Crippen LogP contribution in [0.5, 0.6) is 0 Å². The SMILES string of the molecule is Cc1c(F)ccc2cc(C(=O)NC3CC4(C3)CC(c3n[nH]c(=O)c5ccccc35)C4)[nH]c12. The Balaban J connectivity index is 1.11. The number of hydrogen-bond donors (Lipinski definition) is 3. The van der Waals surface area contributed by atoms with Gasteiger partial charge >= 0.3 is 0 Å². The van der Waals surface area contributed by atoms with Crippen LogP contribution in [0.25, 0.3) is 21.7 Å². The quantitative estimate of drug-likeness (QED) is 0.452. The van der Waals surface area contributed by atoms with Crippen molar-refractivity contribution in [2.24, 2.45) is 5.41 Å². The first kappa shape index (κ1) is 19.2. The normalized spacial score (nSPS) is 24.4. The van der Waals surface area contributed by atoms with E-state index in [0.717, 1.165) is 42.1 Å². The molecule has 0 saturated heterocycles. The molecule has 0 unspecified atom stereocenters. The Morgan fingerprint density at radius 1 is 1.12 bits per heavy atom. The van der Waals surface area contributed by atoms with Crippen molar-refractivity contribution in [3.8, 4) is 0 Å². The molecule has 6 nitrogen and oxygen atoms in total. The summed E-state index contributed by atoms with van der Waals surface area (Å²) < 4.78 is 13.8. The predicted molar refractivity (Wildman–Crippen MR) is 120 cm³/mol. The first-order valence-corrected chi connectivity index (χ1v) is 11.0. The molecule has 0 bridgehead atoms. The highest BCUT2D eigenvalue weighted by Gasteiger charge is 2.54. The van der Waals surface area contributed by atoms with E-state index < -0.39 is 0 Å². The van der Waals surface area contributed by atoms with Gasteiger partial charge in [0.05, 0.1) is 16.6 Å². The molecule has 32 heavy (non-hydrogen) atoms. The summed E-state index contributed by atoms with van der Waals surface area (Å²) in [5.74, 6) is -0.0958. The van der Waals surface area contributed by atoms with E-state index in [9.17, 15) is 14.0 Å². The minimum atomic E-state index is -0.281. The maximum atomic E-state index is 13.8. The summed E-state index contributed by atoms with van der Waals surface area (Å²) in [6, 6.07) is 12.6. The summed E-state index contributed by atoms with van der Waals surface area (Å²) in [4.78, 5) is 27.8. The monoisotopic (exact) mass is 430 g/mol. The molecule has 2 aliphatic carbocycles. The highest BCUT2D eigenvalue weighted by atomic mass is 19.1. The van der Waals surface area contributed by atoms with Crippen LogP contribution in [-0.2, 0) is 0 Å². The van der Waals surface area contributed by atoms with Crippen LogP contribution < -0.4 is 10.9 Å². The number of aromatic amines is 2. The zero-order valence-electron chi connectivity index (χ0n) is 17.7. The molecule has 1 spiro atoms. The van der Waals surface area contributed by atoms with Gasteiger partial charge in [0.15, 0.2) is 0 Å². The molecule has 2 aliphatic rings. The second-order valence-corrected chi connectivity index (χ2v) is 9.49. The lowest BCUT2D eigenvalue weighted by molar-refractivity contribution is -0.0197. The molecule has 2 heterocycles. The van der Waals surface area contributed by atoms with Gasteiger partial charge < -0.3 is 10.3 Å². The third-order valence-electron chi connectivity index (χ3n) is 7.40. The number of hydrogen-bond acceptors (Lipinski definition) is 3. The molecule has 6 rings (SSSR count). The number of fused-ring (bicyclic) bond motifs is 2. The minimum Gasteiger partial charge on any atom is -0.350 e. The molecular formula is C25H23FN4O2. The van der Waals surface area contributed by atoms with Crippen molar-refractivity contribution in [1.82, 2.24) is 20.5 Å². The number of nitrogens with one attached hydrogen (secondary N) is 3. The molecule has 3 N–H and O–H groups in total. The molecular weight excluding hydrogens is 407 g/mol. The zero-order chi connectivity index (χ0) is 22.0. The Morgan fingerprint density at radius 2 is 1.88 bits per heavy atom. The van der Waals surface area contributed by atoms with Crippen LogP contribution in [0.15, 0.2) is 47.3 Å². The van der Waals surface area contributed by atoms with E-state index in [2.05, 4.69) is 20.5 Å². The predicted octanol–water partition coefficient (Wildman–Crippen LogP) is 4.31. The van der Waals surface area contributed by atoms with E-state index in [0.29, 0.717) is 28.1 Å². The van der Waals surface area contributed by atoms with E-state index in [4.69, 9.17) is 0 Å². The molecule has 4 aromatic rings. The smallest absolute Gasteiger partial charge is 0.272 e. The maximum Gasteiger partial charge on any atom is 0.272 e. The van der Waals surface area contributed by atoms with Gasteiger partial charge in [-0.2, -0.15) is 5.10 Å². The highest BCUT2D eigenvalue weighted by molar-refractivity contribution is 5.99. The number of rotatable bonds is 3. The lowest BCUT2D eigenvalue weighted by Gasteiger charge is -2.57. The number of H-pyrrole nitrogens is 2. The Labute approximate surface area is 183 Å². The van der Waals surface area contributed by atoms with Gasteiger partial charge in [-0.3, -0.25) is 9.59 Å². The summed E-state index contributed by atoms with van der Waals surface area (Å²) >= 11 is 0. The largest absolute Gasteiger partial charge is 0.350 e. The van der Waals surface area contributed by atoms with Crippen LogP contribution in [0, 0.1) is 18.2 Å². The summed E-state index contributed by atoms with van der Waals surface area (Å²) in [7, 11) is 0. The number of aryl methyl sites for hydroxylation is 1. The van der Waals surface area contributed by atoms with Gasteiger partial charge in [0, 0.05) is 28.3 Å². The lowest BCUT2D eigenvalue weighted by atomic mass is 9.49. The van der Waals surface area contributed by atoms with Crippen molar-refractivity contribution in [2.75, 3.05) is 0 Å². The van der Waals surface area contributed by atoms with Crippen LogP contribution in [0.1, 0.15) is 53.3 Å².